The molecule has 1 aromatic heterocycles. The zero-order valence-electron chi connectivity index (χ0n) is 21.2. The molecule has 2 aromatic rings. The zero-order valence-corrected chi connectivity index (χ0v) is 22.0. The fourth-order valence-electron chi connectivity index (χ4n) is 4.31. The minimum absolute atomic E-state index is 0.0342. The third-order valence-electron chi connectivity index (χ3n) is 6.52. The van der Waals surface area contributed by atoms with Crippen LogP contribution < -0.4 is 16.4 Å². The highest BCUT2D eigenvalue weighted by molar-refractivity contribution is 7.13. The van der Waals surface area contributed by atoms with E-state index in [0.29, 0.717) is 45.4 Å². The van der Waals surface area contributed by atoms with Crippen LogP contribution in [0.4, 0.5) is 0 Å². The average molecular weight is 502 g/mol. The molecule has 1 aromatic carbocycles. The van der Waals surface area contributed by atoms with Crippen molar-refractivity contribution in [2.75, 3.05) is 19.6 Å². The van der Waals surface area contributed by atoms with Crippen molar-refractivity contribution in [3.63, 3.8) is 0 Å². The van der Waals surface area contributed by atoms with Crippen LogP contribution in [0, 0.1) is 12.3 Å². The van der Waals surface area contributed by atoms with Crippen LogP contribution in [0.25, 0.3) is 10.4 Å². The summed E-state index contributed by atoms with van der Waals surface area (Å²) in [5.41, 5.74) is 10.3. The van der Waals surface area contributed by atoms with Gasteiger partial charge < -0.3 is 21.5 Å². The highest BCUT2D eigenvalue weighted by Gasteiger charge is 2.39. The lowest BCUT2D eigenvalue weighted by atomic mass is 9.86. The number of aromatic nitrogens is 1. The van der Waals surface area contributed by atoms with E-state index in [1.165, 1.54) is 0 Å². The van der Waals surface area contributed by atoms with Crippen LogP contribution in [0.1, 0.15) is 51.3 Å². The maximum Gasteiger partial charge on any atom is 0.237 e. The van der Waals surface area contributed by atoms with Crippen LogP contribution >= 0.6 is 11.3 Å². The molecule has 35 heavy (non-hydrogen) atoms. The Hall–Kier alpha value is -2.33. The van der Waals surface area contributed by atoms with Gasteiger partial charge in [-0.05, 0) is 42.9 Å². The molecular weight excluding hydrogens is 462 g/mol. The number of aliphatic hydroxyl groups excluding tert-OH is 1. The van der Waals surface area contributed by atoms with Gasteiger partial charge in [-0.25, -0.2) is 4.98 Å². The van der Waals surface area contributed by atoms with Gasteiger partial charge >= 0.3 is 0 Å². The number of nitrogens with one attached hydrogen (secondary N) is 2. The Morgan fingerprint density at radius 2 is 2.00 bits per heavy atom. The lowest BCUT2D eigenvalue weighted by molar-refractivity contribution is -0.126. The molecule has 0 saturated carbocycles. The lowest BCUT2D eigenvalue weighted by Crippen LogP contribution is -2.54. The van der Waals surface area contributed by atoms with Crippen LogP contribution in [0.2, 0.25) is 0 Å². The molecule has 192 valence electrons. The average Bonchev–Trinajstić information content (AvgIpc) is 3.40. The van der Waals surface area contributed by atoms with E-state index in [2.05, 4.69) is 48.5 Å². The molecule has 1 fully saturated rings. The number of hydrogen-bond acceptors (Lipinski definition) is 7. The summed E-state index contributed by atoms with van der Waals surface area (Å²) in [5.74, 6) is -0.140. The van der Waals surface area contributed by atoms with E-state index >= 15 is 0 Å². The van der Waals surface area contributed by atoms with Crippen LogP contribution in [-0.2, 0) is 16.1 Å². The van der Waals surface area contributed by atoms with Crippen molar-refractivity contribution in [2.45, 2.75) is 71.7 Å². The molecule has 0 aliphatic carbocycles. The molecular formula is C26H39N5O3S. The normalized spacial score (nSPS) is 19.5. The summed E-state index contributed by atoms with van der Waals surface area (Å²) in [4.78, 5) is 32.9. The number of nitrogens with two attached hydrogens (primary N) is 1. The van der Waals surface area contributed by atoms with Crippen LogP contribution in [0.3, 0.4) is 0 Å². The molecule has 3 rings (SSSR count). The van der Waals surface area contributed by atoms with Gasteiger partial charge in [0.2, 0.25) is 11.8 Å². The summed E-state index contributed by atoms with van der Waals surface area (Å²) in [6.07, 6.45) is 0.840. The Balaban J connectivity index is 1.60. The van der Waals surface area contributed by atoms with Gasteiger partial charge in [-0.1, -0.05) is 45.0 Å². The predicted octanol–water partition coefficient (Wildman–Crippen LogP) is 2.44. The predicted molar refractivity (Wildman–Crippen MR) is 140 cm³/mol. The number of likely N-dealkylation sites (tertiary alicyclic amines) is 1. The van der Waals surface area contributed by atoms with E-state index in [1.54, 1.807) is 11.3 Å². The maximum atomic E-state index is 13.1. The van der Waals surface area contributed by atoms with Crippen LogP contribution in [0.15, 0.2) is 29.8 Å². The number of carbonyl (C=O) groups excluding carboxylic acids is 2. The number of rotatable bonds is 10. The molecule has 0 unspecified atom stereocenters. The smallest absolute Gasteiger partial charge is 0.237 e. The van der Waals surface area contributed by atoms with Gasteiger partial charge in [-0.2, -0.15) is 0 Å². The topological polar surface area (TPSA) is 121 Å². The Morgan fingerprint density at radius 3 is 2.60 bits per heavy atom. The summed E-state index contributed by atoms with van der Waals surface area (Å²) in [6, 6.07) is 7.54. The fourth-order valence-corrected chi connectivity index (χ4v) is 5.13. The van der Waals surface area contributed by atoms with Crippen LogP contribution in [-0.4, -0.2) is 64.6 Å². The lowest BCUT2D eigenvalue weighted by Gasteiger charge is -2.36. The molecule has 9 heteroatoms. The molecule has 0 bridgehead atoms. The second kappa shape index (κ2) is 12.1. The highest BCUT2D eigenvalue weighted by atomic mass is 32.1. The molecule has 1 saturated heterocycles. The first-order valence-corrected chi connectivity index (χ1v) is 13.1. The maximum absolute atomic E-state index is 13.1. The summed E-state index contributed by atoms with van der Waals surface area (Å²) in [5, 5.41) is 16.5. The van der Waals surface area contributed by atoms with Crippen molar-refractivity contribution in [1.82, 2.24) is 20.5 Å². The third kappa shape index (κ3) is 7.57. The van der Waals surface area contributed by atoms with Gasteiger partial charge in [0, 0.05) is 32.1 Å². The highest BCUT2D eigenvalue weighted by Crippen LogP contribution is 2.28. The van der Waals surface area contributed by atoms with Gasteiger partial charge in [-0.3, -0.25) is 14.5 Å². The molecule has 1 aliphatic rings. The largest absolute Gasteiger partial charge is 0.392 e. The summed E-state index contributed by atoms with van der Waals surface area (Å²) in [6.45, 7) is 10.0. The van der Waals surface area contributed by atoms with E-state index in [0.717, 1.165) is 21.7 Å². The van der Waals surface area contributed by atoms with Crippen molar-refractivity contribution >= 4 is 23.2 Å². The Kier molecular flexibility index (Phi) is 9.40. The second-order valence-electron chi connectivity index (χ2n) is 10.4. The van der Waals surface area contributed by atoms with Gasteiger partial charge in [0.05, 0.1) is 28.2 Å². The summed E-state index contributed by atoms with van der Waals surface area (Å²) < 4.78 is 0. The van der Waals surface area contributed by atoms with Gasteiger partial charge in [0.1, 0.15) is 0 Å². The number of amides is 2. The van der Waals surface area contributed by atoms with E-state index in [9.17, 15) is 14.7 Å². The number of aryl methyl sites for hydroxylation is 1. The van der Waals surface area contributed by atoms with Gasteiger partial charge in [-0.15, -0.1) is 11.3 Å². The SMILES string of the molecule is Cc1ncsc1-c1ccc(CNC(=O)[C@@H]2C[C@@H](O)CN2C[C@@H](NC(=O)CCCN)C(C)(C)C)cc1. The Labute approximate surface area is 212 Å². The monoisotopic (exact) mass is 501 g/mol. The number of nitrogens with zero attached hydrogens (tertiary/aromatic N) is 2. The molecule has 2 heterocycles. The van der Waals surface area contributed by atoms with E-state index in [1.807, 2.05) is 29.5 Å². The minimum Gasteiger partial charge on any atom is -0.392 e. The van der Waals surface area contributed by atoms with Crippen molar-refractivity contribution < 1.29 is 14.7 Å². The number of carbonyl (C=O) groups is 2. The quantitative estimate of drug-likeness (QED) is 0.397. The van der Waals surface area contributed by atoms with Crippen molar-refractivity contribution in [1.29, 1.82) is 0 Å². The zero-order chi connectivity index (χ0) is 25.6. The number of benzene rings is 1. The minimum atomic E-state index is -0.568. The molecule has 8 nitrogen and oxygen atoms in total. The van der Waals surface area contributed by atoms with Gasteiger partial charge in [0.25, 0.3) is 0 Å². The van der Waals surface area contributed by atoms with Crippen molar-refractivity contribution in [3.05, 3.63) is 41.0 Å². The fraction of sp³-hybridized carbons (Fsp3) is 0.577. The molecule has 2 amide bonds. The molecule has 3 atom stereocenters. The molecule has 1 aliphatic heterocycles. The molecule has 0 spiro atoms. The van der Waals surface area contributed by atoms with E-state index in [4.69, 9.17) is 5.73 Å². The van der Waals surface area contributed by atoms with Crippen molar-refractivity contribution in [3.8, 4) is 10.4 Å². The van der Waals surface area contributed by atoms with Crippen LogP contribution in [0.5, 0.6) is 0 Å². The molecule has 5 N–H and O–H groups in total. The first-order valence-electron chi connectivity index (χ1n) is 12.3. The molecule has 0 radical (unpaired) electrons. The standard InChI is InChI=1S/C26H39N5O3S/c1-17-24(35-16-29-17)19-9-7-18(8-10-19)13-28-25(34)21-12-20(32)14-31(21)15-22(26(2,3)4)30-23(33)6-5-11-27/h7-10,16,20-22,32H,5-6,11-15,27H2,1-4H3,(H,28,34)(H,30,33)/t20-,21+,22-/m1/s1. The van der Waals surface area contributed by atoms with E-state index in [-0.39, 0.29) is 23.3 Å². The summed E-state index contributed by atoms with van der Waals surface area (Å²) in [7, 11) is 0. The Morgan fingerprint density at radius 1 is 1.29 bits per heavy atom. The number of β-amino-alcohol motifs (C(OH)–C–C–N with tert-alkyl or cyclic N) is 1. The first-order chi connectivity index (χ1) is 16.6. The number of aliphatic hydroxyl groups is 1. The van der Waals surface area contributed by atoms with Crippen molar-refractivity contribution in [2.24, 2.45) is 11.1 Å². The number of hydrogen-bond donors (Lipinski definition) is 4. The Bertz CT molecular complexity index is 986. The summed E-state index contributed by atoms with van der Waals surface area (Å²) >= 11 is 1.62. The number of thiazole rings is 1. The van der Waals surface area contributed by atoms with E-state index < -0.39 is 12.1 Å². The third-order valence-corrected chi connectivity index (χ3v) is 7.50. The van der Waals surface area contributed by atoms with Gasteiger partial charge in [0.15, 0.2) is 0 Å². The first kappa shape index (κ1) is 27.3. The second-order valence-corrected chi connectivity index (χ2v) is 11.3.